The van der Waals surface area contributed by atoms with Crippen LogP contribution in [0.4, 0.5) is 0 Å². The van der Waals surface area contributed by atoms with Crippen LogP contribution in [0.3, 0.4) is 0 Å². The molecule has 1 aromatic carbocycles. The fraction of sp³-hybridized carbons (Fsp3) is 0.630. The van der Waals surface area contributed by atoms with E-state index in [9.17, 15) is 27.6 Å². The average molecular weight is 577 g/mol. The van der Waals surface area contributed by atoms with E-state index in [1.54, 1.807) is 10.4 Å². The number of fused-ring (bicyclic) bond motifs is 1. The van der Waals surface area contributed by atoms with Crippen molar-refractivity contribution < 1.29 is 37.1 Å². The number of nitrogens with zero attached hydrogens (tertiary/aromatic N) is 3. The molecule has 0 bridgehead atoms. The van der Waals surface area contributed by atoms with E-state index in [0.29, 0.717) is 24.9 Å². The Morgan fingerprint density at radius 1 is 0.850 bits per heavy atom. The second-order valence-corrected chi connectivity index (χ2v) is 12.7. The molecule has 1 saturated carbocycles. The van der Waals surface area contributed by atoms with Gasteiger partial charge in [-0.25, -0.2) is 8.42 Å². The summed E-state index contributed by atoms with van der Waals surface area (Å²) in [5.74, 6) is -2.04. The SMILES string of the molecule is O=C1CCC(N2C(=O)c3ccc(OCCOCCS(=O)(=O)N4CCN(C5CCCCC5)CC4)cc3C2=O)C(=O)N1. The number of piperidine rings is 1. The van der Waals surface area contributed by atoms with Crippen LogP contribution in [0.5, 0.6) is 5.75 Å². The van der Waals surface area contributed by atoms with Crippen molar-refractivity contribution in [2.75, 3.05) is 51.8 Å². The van der Waals surface area contributed by atoms with Crippen LogP contribution >= 0.6 is 0 Å². The number of piperazine rings is 1. The fourth-order valence-electron chi connectivity index (χ4n) is 5.95. The standard InChI is InChI=1S/C27H36N4O8S/c32-24-9-8-23(25(33)28-24)31-26(34)21-7-6-20(18-22(21)27(31)35)39-15-14-38-16-17-40(36,37)30-12-10-29(11-13-30)19-4-2-1-3-5-19/h6-7,18-19,23H,1-5,8-17H2,(H,28,32,33). The molecular formula is C27H36N4O8S. The maximum absolute atomic E-state index is 12.9. The third-order valence-corrected chi connectivity index (χ3v) is 9.99. The number of ether oxygens (including phenoxy) is 2. The van der Waals surface area contributed by atoms with Crippen LogP contribution in [-0.2, 0) is 24.3 Å². The first-order valence-electron chi connectivity index (χ1n) is 14.0. The van der Waals surface area contributed by atoms with E-state index in [2.05, 4.69) is 10.2 Å². The molecule has 3 heterocycles. The predicted octanol–water partition coefficient (Wildman–Crippen LogP) is 0.763. The van der Waals surface area contributed by atoms with Gasteiger partial charge in [-0.2, -0.15) is 4.31 Å². The summed E-state index contributed by atoms with van der Waals surface area (Å²) in [6, 6.07) is 4.03. The normalized spacial score (nSPS) is 23.4. The summed E-state index contributed by atoms with van der Waals surface area (Å²) in [5.41, 5.74) is 0.297. The first-order valence-corrected chi connectivity index (χ1v) is 15.6. The van der Waals surface area contributed by atoms with Gasteiger partial charge in [0.05, 0.1) is 30.1 Å². The summed E-state index contributed by atoms with van der Waals surface area (Å²) in [5, 5.41) is 2.17. The van der Waals surface area contributed by atoms with Crippen molar-refractivity contribution >= 4 is 33.7 Å². The number of rotatable bonds is 10. The average Bonchev–Trinajstić information content (AvgIpc) is 3.20. The molecule has 3 aliphatic heterocycles. The van der Waals surface area contributed by atoms with Crippen LogP contribution in [0.25, 0.3) is 0 Å². The number of carbonyl (C=O) groups excluding carboxylic acids is 4. The highest BCUT2D eigenvalue weighted by Crippen LogP contribution is 2.30. The van der Waals surface area contributed by atoms with Gasteiger partial charge >= 0.3 is 0 Å². The number of nitrogens with one attached hydrogen (secondary N) is 1. The van der Waals surface area contributed by atoms with Gasteiger partial charge in [0, 0.05) is 38.6 Å². The highest BCUT2D eigenvalue weighted by Gasteiger charge is 2.44. The number of carbonyl (C=O) groups is 4. The van der Waals surface area contributed by atoms with E-state index in [0.717, 1.165) is 18.0 Å². The molecule has 4 aliphatic rings. The topological polar surface area (TPSA) is 143 Å². The van der Waals surface area contributed by atoms with E-state index in [-0.39, 0.29) is 49.5 Å². The first kappa shape index (κ1) is 28.7. The smallest absolute Gasteiger partial charge is 0.262 e. The molecule has 0 radical (unpaired) electrons. The third-order valence-electron chi connectivity index (χ3n) is 8.15. The number of amides is 4. The molecule has 1 N–H and O–H groups in total. The fourth-order valence-corrected chi connectivity index (χ4v) is 7.25. The van der Waals surface area contributed by atoms with Gasteiger partial charge < -0.3 is 9.47 Å². The molecule has 1 unspecified atom stereocenters. The summed E-state index contributed by atoms with van der Waals surface area (Å²) in [6.07, 6.45) is 6.39. The van der Waals surface area contributed by atoms with E-state index in [4.69, 9.17) is 9.47 Å². The predicted molar refractivity (Wildman–Crippen MR) is 143 cm³/mol. The molecule has 40 heavy (non-hydrogen) atoms. The minimum absolute atomic E-state index is 0.0482. The number of benzene rings is 1. The molecule has 5 rings (SSSR count). The van der Waals surface area contributed by atoms with Crippen molar-refractivity contribution in [1.29, 1.82) is 0 Å². The lowest BCUT2D eigenvalue weighted by Gasteiger charge is -2.40. The third kappa shape index (κ3) is 6.22. The Kier molecular flexibility index (Phi) is 8.83. The zero-order valence-electron chi connectivity index (χ0n) is 22.5. The Balaban J connectivity index is 1.04. The molecule has 13 heteroatoms. The molecule has 1 aromatic rings. The van der Waals surface area contributed by atoms with Gasteiger partial charge in [-0.15, -0.1) is 0 Å². The quantitative estimate of drug-likeness (QED) is 0.316. The number of sulfonamides is 1. The lowest BCUT2D eigenvalue weighted by molar-refractivity contribution is -0.136. The molecule has 4 amide bonds. The molecule has 218 valence electrons. The van der Waals surface area contributed by atoms with Crippen molar-refractivity contribution in [3.8, 4) is 5.75 Å². The van der Waals surface area contributed by atoms with Crippen LogP contribution in [0.2, 0.25) is 0 Å². The Labute approximate surface area is 234 Å². The van der Waals surface area contributed by atoms with Crippen molar-refractivity contribution in [3.63, 3.8) is 0 Å². The second-order valence-electron chi connectivity index (χ2n) is 10.7. The van der Waals surface area contributed by atoms with Gasteiger partial charge in [0.2, 0.25) is 21.8 Å². The minimum Gasteiger partial charge on any atom is -0.491 e. The Morgan fingerprint density at radius 3 is 2.30 bits per heavy atom. The highest BCUT2D eigenvalue weighted by molar-refractivity contribution is 7.89. The van der Waals surface area contributed by atoms with E-state index >= 15 is 0 Å². The number of hydrogen-bond donors (Lipinski definition) is 1. The lowest BCUT2D eigenvalue weighted by Crippen LogP contribution is -2.54. The molecule has 1 atom stereocenters. The van der Waals surface area contributed by atoms with Crippen molar-refractivity contribution in [3.05, 3.63) is 29.3 Å². The zero-order chi connectivity index (χ0) is 28.3. The van der Waals surface area contributed by atoms with Gasteiger partial charge in [0.15, 0.2) is 0 Å². The molecule has 2 saturated heterocycles. The zero-order valence-corrected chi connectivity index (χ0v) is 23.3. The maximum atomic E-state index is 12.9. The molecule has 0 spiro atoms. The van der Waals surface area contributed by atoms with E-state index in [1.807, 2.05) is 0 Å². The summed E-state index contributed by atoms with van der Waals surface area (Å²) in [4.78, 5) is 52.7. The Bertz CT molecular complexity index is 1250. The van der Waals surface area contributed by atoms with Crippen LogP contribution in [-0.4, -0.2) is 110 Å². The molecule has 3 fully saturated rings. The largest absolute Gasteiger partial charge is 0.491 e. The summed E-state index contributed by atoms with van der Waals surface area (Å²) < 4.78 is 38.2. The maximum Gasteiger partial charge on any atom is 0.262 e. The molecule has 12 nitrogen and oxygen atoms in total. The van der Waals surface area contributed by atoms with Gasteiger partial charge in [-0.3, -0.25) is 34.3 Å². The van der Waals surface area contributed by atoms with Crippen LogP contribution < -0.4 is 10.1 Å². The van der Waals surface area contributed by atoms with E-state index < -0.39 is 39.7 Å². The lowest BCUT2D eigenvalue weighted by atomic mass is 9.94. The van der Waals surface area contributed by atoms with Gasteiger partial charge in [-0.1, -0.05) is 19.3 Å². The van der Waals surface area contributed by atoms with Gasteiger partial charge in [0.1, 0.15) is 18.4 Å². The van der Waals surface area contributed by atoms with Gasteiger partial charge in [-0.05, 0) is 37.5 Å². The van der Waals surface area contributed by atoms with Gasteiger partial charge in [0.25, 0.3) is 11.8 Å². The Morgan fingerprint density at radius 2 is 1.57 bits per heavy atom. The number of imide groups is 2. The summed E-state index contributed by atoms with van der Waals surface area (Å²) >= 11 is 0. The molecule has 1 aliphatic carbocycles. The van der Waals surface area contributed by atoms with Crippen molar-refractivity contribution in [2.24, 2.45) is 0 Å². The van der Waals surface area contributed by atoms with Crippen LogP contribution in [0.1, 0.15) is 65.7 Å². The summed E-state index contributed by atoms with van der Waals surface area (Å²) in [7, 11) is -3.40. The minimum atomic E-state index is -3.40. The highest BCUT2D eigenvalue weighted by atomic mass is 32.2. The van der Waals surface area contributed by atoms with Crippen LogP contribution in [0.15, 0.2) is 18.2 Å². The monoisotopic (exact) mass is 576 g/mol. The van der Waals surface area contributed by atoms with Crippen LogP contribution in [0, 0.1) is 0 Å². The molecular weight excluding hydrogens is 540 g/mol. The summed E-state index contributed by atoms with van der Waals surface area (Å²) in [6.45, 7) is 2.91. The molecule has 0 aromatic heterocycles. The van der Waals surface area contributed by atoms with Crippen molar-refractivity contribution in [1.82, 2.24) is 19.4 Å². The van der Waals surface area contributed by atoms with E-state index in [1.165, 1.54) is 44.2 Å². The number of hydrogen-bond acceptors (Lipinski definition) is 9. The first-order chi connectivity index (χ1) is 19.2. The van der Waals surface area contributed by atoms with Crippen molar-refractivity contribution in [2.45, 2.75) is 57.0 Å². The Hall–Kier alpha value is -2.87. The second kappa shape index (κ2) is 12.3.